The van der Waals surface area contributed by atoms with Crippen molar-refractivity contribution < 1.29 is 5.11 Å². The number of aliphatic hydroxyl groups is 1. The van der Waals surface area contributed by atoms with Gasteiger partial charge in [-0.15, -0.1) is 0 Å². The molecule has 4 nitrogen and oxygen atoms in total. The van der Waals surface area contributed by atoms with Crippen molar-refractivity contribution in [2.75, 3.05) is 24.6 Å². The third-order valence-corrected chi connectivity index (χ3v) is 2.65. The largest absolute Gasteiger partial charge is 0.396 e. The van der Waals surface area contributed by atoms with Crippen molar-refractivity contribution in [1.82, 2.24) is 9.97 Å². The molecule has 0 spiro atoms. The average molecular weight is 214 g/mol. The number of rotatable bonds is 2. The number of aliphatic hydroxyl groups excluding tert-OH is 1. The predicted molar refractivity (Wildman–Crippen MR) is 54.4 cm³/mol. The maximum Gasteiger partial charge on any atom is 0.226 e. The van der Waals surface area contributed by atoms with Crippen LogP contribution in [0, 0.1) is 5.92 Å². The van der Waals surface area contributed by atoms with Crippen LogP contribution in [0.3, 0.4) is 0 Å². The zero-order chi connectivity index (χ0) is 9.97. The minimum absolute atomic E-state index is 0.233. The van der Waals surface area contributed by atoms with Gasteiger partial charge in [0.2, 0.25) is 5.95 Å². The minimum atomic E-state index is 0.233. The zero-order valence-corrected chi connectivity index (χ0v) is 8.48. The van der Waals surface area contributed by atoms with Crippen molar-refractivity contribution in [2.24, 2.45) is 5.92 Å². The highest BCUT2D eigenvalue weighted by molar-refractivity contribution is 6.29. The number of hydrogen-bond acceptors (Lipinski definition) is 4. The van der Waals surface area contributed by atoms with E-state index in [1.807, 2.05) is 4.90 Å². The SMILES string of the molecule is OCC1CCN(c2nccc(Cl)n2)C1. The molecule has 1 atom stereocenters. The first-order chi connectivity index (χ1) is 6.79. The molecule has 0 radical (unpaired) electrons. The fraction of sp³-hybridized carbons (Fsp3) is 0.556. The first-order valence-corrected chi connectivity index (χ1v) is 5.02. The van der Waals surface area contributed by atoms with Crippen LogP contribution in [0.15, 0.2) is 12.3 Å². The van der Waals surface area contributed by atoms with Crippen LogP contribution in [0.4, 0.5) is 5.95 Å². The lowest BCUT2D eigenvalue weighted by Gasteiger charge is -2.15. The topological polar surface area (TPSA) is 49.2 Å². The van der Waals surface area contributed by atoms with Crippen LogP contribution in [0.5, 0.6) is 0 Å². The first-order valence-electron chi connectivity index (χ1n) is 4.64. The molecule has 0 aromatic carbocycles. The van der Waals surface area contributed by atoms with Gasteiger partial charge >= 0.3 is 0 Å². The van der Waals surface area contributed by atoms with Crippen molar-refractivity contribution in [3.63, 3.8) is 0 Å². The minimum Gasteiger partial charge on any atom is -0.396 e. The Labute approximate surface area is 87.5 Å². The molecule has 76 valence electrons. The maximum atomic E-state index is 8.99. The Morgan fingerprint density at radius 1 is 1.64 bits per heavy atom. The van der Waals surface area contributed by atoms with Gasteiger partial charge in [0.25, 0.3) is 0 Å². The quantitative estimate of drug-likeness (QED) is 0.744. The van der Waals surface area contributed by atoms with Gasteiger partial charge in [-0.3, -0.25) is 0 Å². The summed E-state index contributed by atoms with van der Waals surface area (Å²) in [4.78, 5) is 10.3. The van der Waals surface area contributed by atoms with Crippen LogP contribution < -0.4 is 4.90 Å². The maximum absolute atomic E-state index is 8.99. The molecule has 0 amide bonds. The Balaban J connectivity index is 2.09. The van der Waals surface area contributed by atoms with Gasteiger partial charge in [0.1, 0.15) is 5.15 Å². The monoisotopic (exact) mass is 213 g/mol. The summed E-state index contributed by atoms with van der Waals surface area (Å²) in [5.41, 5.74) is 0. The molecule has 0 aliphatic carbocycles. The molecule has 1 aromatic rings. The van der Waals surface area contributed by atoms with Gasteiger partial charge in [-0.05, 0) is 12.5 Å². The van der Waals surface area contributed by atoms with E-state index in [0.29, 0.717) is 17.0 Å². The molecule has 2 heterocycles. The van der Waals surface area contributed by atoms with Crippen LogP contribution in [0.1, 0.15) is 6.42 Å². The highest BCUT2D eigenvalue weighted by Crippen LogP contribution is 2.20. The van der Waals surface area contributed by atoms with Gasteiger partial charge in [-0.1, -0.05) is 11.6 Å². The molecule has 14 heavy (non-hydrogen) atoms. The van der Waals surface area contributed by atoms with Crippen LogP contribution in [-0.4, -0.2) is 34.8 Å². The highest BCUT2D eigenvalue weighted by Gasteiger charge is 2.23. The summed E-state index contributed by atoms with van der Waals surface area (Å²) in [6.45, 7) is 1.94. The van der Waals surface area contributed by atoms with Crippen molar-refractivity contribution in [3.05, 3.63) is 17.4 Å². The summed E-state index contributed by atoms with van der Waals surface area (Å²) in [7, 11) is 0. The summed E-state index contributed by atoms with van der Waals surface area (Å²) < 4.78 is 0. The van der Waals surface area contributed by atoms with E-state index in [9.17, 15) is 0 Å². The van der Waals surface area contributed by atoms with Gasteiger partial charge in [0.05, 0.1) is 0 Å². The lowest BCUT2D eigenvalue weighted by Crippen LogP contribution is -2.22. The van der Waals surface area contributed by atoms with Gasteiger partial charge in [-0.2, -0.15) is 0 Å². The van der Waals surface area contributed by atoms with Gasteiger partial charge < -0.3 is 10.0 Å². The Hall–Kier alpha value is -0.870. The zero-order valence-electron chi connectivity index (χ0n) is 7.73. The third kappa shape index (κ3) is 1.96. The van der Waals surface area contributed by atoms with Crippen LogP contribution in [-0.2, 0) is 0 Å². The number of halogens is 1. The van der Waals surface area contributed by atoms with Crippen molar-refractivity contribution >= 4 is 17.5 Å². The first kappa shape index (κ1) is 9.68. The number of nitrogens with zero attached hydrogens (tertiary/aromatic N) is 3. The lowest BCUT2D eigenvalue weighted by atomic mass is 10.1. The molecule has 1 aliphatic rings. The summed E-state index contributed by atoms with van der Waals surface area (Å²) in [5.74, 6) is 1.01. The standard InChI is InChI=1S/C9H12ClN3O/c10-8-1-3-11-9(12-8)13-4-2-7(5-13)6-14/h1,3,7,14H,2,4-6H2. The van der Waals surface area contributed by atoms with E-state index in [1.165, 1.54) is 0 Å². The normalized spacial score (nSPS) is 21.6. The lowest BCUT2D eigenvalue weighted by molar-refractivity contribution is 0.238. The molecule has 0 saturated carbocycles. The fourth-order valence-corrected chi connectivity index (χ4v) is 1.77. The average Bonchev–Trinajstić information content (AvgIpc) is 2.66. The summed E-state index contributed by atoms with van der Waals surface area (Å²) in [6.07, 6.45) is 2.64. The fourth-order valence-electron chi connectivity index (χ4n) is 1.64. The predicted octanol–water partition coefficient (Wildman–Crippen LogP) is 0.949. The molecular formula is C9H12ClN3O. The van der Waals surface area contributed by atoms with Gasteiger partial charge in [0, 0.05) is 31.8 Å². The molecule has 5 heteroatoms. The summed E-state index contributed by atoms with van der Waals surface area (Å²) in [6, 6.07) is 1.66. The van der Waals surface area contributed by atoms with Crippen molar-refractivity contribution in [1.29, 1.82) is 0 Å². The van der Waals surface area contributed by atoms with Crippen LogP contribution >= 0.6 is 11.6 Å². The van der Waals surface area contributed by atoms with Gasteiger partial charge in [-0.25, -0.2) is 9.97 Å². The molecule has 1 fully saturated rings. The Morgan fingerprint density at radius 2 is 2.50 bits per heavy atom. The smallest absolute Gasteiger partial charge is 0.226 e. The number of hydrogen-bond donors (Lipinski definition) is 1. The molecule has 1 saturated heterocycles. The molecule has 1 aliphatic heterocycles. The van der Waals surface area contributed by atoms with E-state index >= 15 is 0 Å². The van der Waals surface area contributed by atoms with Crippen molar-refractivity contribution in [3.8, 4) is 0 Å². The number of aromatic nitrogens is 2. The van der Waals surface area contributed by atoms with Crippen LogP contribution in [0.25, 0.3) is 0 Å². The summed E-state index contributed by atoms with van der Waals surface area (Å²) >= 11 is 5.77. The Bertz CT molecular complexity index is 321. The van der Waals surface area contributed by atoms with E-state index in [0.717, 1.165) is 19.5 Å². The van der Waals surface area contributed by atoms with E-state index < -0.39 is 0 Å². The van der Waals surface area contributed by atoms with E-state index in [-0.39, 0.29) is 6.61 Å². The second-order valence-corrected chi connectivity index (χ2v) is 3.85. The van der Waals surface area contributed by atoms with E-state index in [2.05, 4.69) is 9.97 Å². The molecule has 0 bridgehead atoms. The summed E-state index contributed by atoms with van der Waals surface area (Å²) in [5, 5.41) is 9.45. The molecule has 1 N–H and O–H groups in total. The third-order valence-electron chi connectivity index (χ3n) is 2.44. The second-order valence-electron chi connectivity index (χ2n) is 3.46. The van der Waals surface area contributed by atoms with Crippen molar-refractivity contribution in [2.45, 2.75) is 6.42 Å². The molecular weight excluding hydrogens is 202 g/mol. The van der Waals surface area contributed by atoms with E-state index in [1.54, 1.807) is 12.3 Å². The van der Waals surface area contributed by atoms with Gasteiger partial charge in [0.15, 0.2) is 0 Å². The Morgan fingerprint density at radius 3 is 3.14 bits per heavy atom. The van der Waals surface area contributed by atoms with E-state index in [4.69, 9.17) is 16.7 Å². The Kier molecular flexibility index (Phi) is 2.84. The molecule has 1 unspecified atom stereocenters. The highest BCUT2D eigenvalue weighted by atomic mass is 35.5. The molecule has 1 aromatic heterocycles. The molecule has 2 rings (SSSR count). The number of anilines is 1. The van der Waals surface area contributed by atoms with Crippen LogP contribution in [0.2, 0.25) is 5.15 Å². The second kappa shape index (κ2) is 4.11.